The summed E-state index contributed by atoms with van der Waals surface area (Å²) in [6, 6.07) is 5.04. The molecular formula is C16H20F3NO. The molecule has 1 aliphatic rings. The summed E-state index contributed by atoms with van der Waals surface area (Å²) >= 11 is 0. The topological polar surface area (TPSA) is 29.1 Å². The number of benzene rings is 1. The molecular weight excluding hydrogens is 279 g/mol. The van der Waals surface area contributed by atoms with Gasteiger partial charge in [0.05, 0.1) is 5.56 Å². The number of rotatable bonds is 5. The van der Waals surface area contributed by atoms with Gasteiger partial charge in [0.2, 0.25) is 0 Å². The maximum absolute atomic E-state index is 12.6. The molecule has 0 aliphatic carbocycles. The minimum absolute atomic E-state index is 0.0138. The van der Waals surface area contributed by atoms with Crippen molar-refractivity contribution in [2.24, 2.45) is 5.92 Å². The van der Waals surface area contributed by atoms with Gasteiger partial charge < -0.3 is 5.32 Å². The van der Waals surface area contributed by atoms with Gasteiger partial charge in [0, 0.05) is 12.8 Å². The number of ketones is 1. The first-order chi connectivity index (χ1) is 9.95. The molecule has 0 radical (unpaired) electrons. The summed E-state index contributed by atoms with van der Waals surface area (Å²) in [5.74, 6) is 0.532. The van der Waals surface area contributed by atoms with Gasteiger partial charge in [-0.15, -0.1) is 0 Å². The number of hydrogen-bond donors (Lipinski definition) is 1. The highest BCUT2D eigenvalue weighted by Gasteiger charge is 2.30. The molecule has 0 amide bonds. The first kappa shape index (κ1) is 16.0. The predicted molar refractivity (Wildman–Crippen MR) is 75.0 cm³/mol. The Kier molecular flexibility index (Phi) is 5.39. The fourth-order valence-corrected chi connectivity index (χ4v) is 2.71. The Morgan fingerprint density at radius 2 is 2.14 bits per heavy atom. The zero-order chi connectivity index (χ0) is 15.3. The SMILES string of the molecule is O=C(CCC1CCCNC1)Cc1cccc(C(F)(F)F)c1. The zero-order valence-electron chi connectivity index (χ0n) is 11.9. The third kappa shape index (κ3) is 5.16. The molecule has 1 aromatic carbocycles. The van der Waals surface area contributed by atoms with Crippen LogP contribution in [0.2, 0.25) is 0 Å². The van der Waals surface area contributed by atoms with E-state index in [1.807, 2.05) is 0 Å². The second-order valence-electron chi connectivity index (χ2n) is 5.66. The standard InChI is InChI=1S/C16H20F3NO/c17-16(18,19)14-5-1-3-13(9-14)10-15(21)7-6-12-4-2-8-20-11-12/h1,3,5,9,12,20H,2,4,6-8,10-11H2. The van der Waals surface area contributed by atoms with Crippen LogP contribution in [0.5, 0.6) is 0 Å². The summed E-state index contributed by atoms with van der Waals surface area (Å²) in [4.78, 5) is 11.9. The Bertz CT molecular complexity index is 479. The first-order valence-electron chi connectivity index (χ1n) is 7.33. The quantitative estimate of drug-likeness (QED) is 0.900. The van der Waals surface area contributed by atoms with E-state index in [2.05, 4.69) is 5.32 Å². The molecule has 1 aliphatic heterocycles. The van der Waals surface area contributed by atoms with Crippen molar-refractivity contribution in [3.63, 3.8) is 0 Å². The fourth-order valence-electron chi connectivity index (χ4n) is 2.71. The summed E-state index contributed by atoms with van der Waals surface area (Å²) in [6.07, 6.45) is -0.736. The largest absolute Gasteiger partial charge is 0.416 e. The molecule has 0 spiro atoms. The fraction of sp³-hybridized carbons (Fsp3) is 0.562. The molecule has 0 saturated carbocycles. The van der Waals surface area contributed by atoms with E-state index in [4.69, 9.17) is 0 Å². The van der Waals surface area contributed by atoms with E-state index in [9.17, 15) is 18.0 Å². The van der Waals surface area contributed by atoms with Gasteiger partial charge in [-0.1, -0.05) is 18.2 Å². The van der Waals surface area contributed by atoms with Crippen molar-refractivity contribution in [3.05, 3.63) is 35.4 Å². The van der Waals surface area contributed by atoms with Crippen molar-refractivity contribution in [2.45, 2.75) is 38.3 Å². The molecule has 1 N–H and O–H groups in total. The summed E-state index contributed by atoms with van der Waals surface area (Å²) in [5.41, 5.74) is -0.249. The van der Waals surface area contributed by atoms with Crippen LogP contribution >= 0.6 is 0 Å². The molecule has 1 saturated heterocycles. The third-order valence-corrected chi connectivity index (χ3v) is 3.89. The molecule has 5 heteroatoms. The van der Waals surface area contributed by atoms with E-state index in [0.29, 0.717) is 17.9 Å². The second-order valence-corrected chi connectivity index (χ2v) is 5.66. The van der Waals surface area contributed by atoms with Gasteiger partial charge in [0.25, 0.3) is 0 Å². The van der Waals surface area contributed by atoms with E-state index < -0.39 is 11.7 Å². The molecule has 116 valence electrons. The molecule has 1 unspecified atom stereocenters. The van der Waals surface area contributed by atoms with Crippen LogP contribution in [-0.4, -0.2) is 18.9 Å². The number of hydrogen-bond acceptors (Lipinski definition) is 2. The maximum atomic E-state index is 12.6. The normalized spacial score (nSPS) is 19.5. The molecule has 1 atom stereocenters. The lowest BCUT2D eigenvalue weighted by molar-refractivity contribution is -0.137. The van der Waals surface area contributed by atoms with E-state index in [1.165, 1.54) is 6.07 Å². The summed E-state index contributed by atoms with van der Waals surface area (Å²) in [5, 5.41) is 3.30. The van der Waals surface area contributed by atoms with Gasteiger partial charge in [0.15, 0.2) is 0 Å². The van der Waals surface area contributed by atoms with Crippen LogP contribution in [0.1, 0.15) is 36.8 Å². The molecule has 1 aromatic rings. The van der Waals surface area contributed by atoms with Crippen molar-refractivity contribution in [1.82, 2.24) is 5.32 Å². The van der Waals surface area contributed by atoms with Crippen molar-refractivity contribution < 1.29 is 18.0 Å². The van der Waals surface area contributed by atoms with Crippen molar-refractivity contribution in [1.29, 1.82) is 0 Å². The number of halogens is 3. The van der Waals surface area contributed by atoms with Gasteiger partial charge in [-0.05, 0) is 49.9 Å². The number of carbonyl (C=O) groups is 1. The van der Waals surface area contributed by atoms with E-state index >= 15 is 0 Å². The molecule has 1 fully saturated rings. The molecule has 2 rings (SSSR count). The van der Waals surface area contributed by atoms with Crippen LogP contribution in [0.4, 0.5) is 13.2 Å². The predicted octanol–water partition coefficient (Wildman–Crippen LogP) is 3.60. The molecule has 0 bridgehead atoms. The Hall–Kier alpha value is -1.36. The summed E-state index contributed by atoms with van der Waals surface area (Å²) in [6.45, 7) is 1.98. The number of nitrogens with one attached hydrogen (secondary N) is 1. The van der Waals surface area contributed by atoms with Crippen LogP contribution in [0, 0.1) is 5.92 Å². The molecule has 2 nitrogen and oxygen atoms in total. The lowest BCUT2D eigenvalue weighted by Crippen LogP contribution is -2.30. The highest BCUT2D eigenvalue weighted by atomic mass is 19.4. The van der Waals surface area contributed by atoms with Crippen LogP contribution in [0.3, 0.4) is 0 Å². The van der Waals surface area contributed by atoms with Crippen LogP contribution in [0.25, 0.3) is 0 Å². The Balaban J connectivity index is 1.84. The van der Waals surface area contributed by atoms with Crippen LogP contribution < -0.4 is 5.32 Å². The smallest absolute Gasteiger partial charge is 0.316 e. The molecule has 21 heavy (non-hydrogen) atoms. The third-order valence-electron chi connectivity index (χ3n) is 3.89. The first-order valence-corrected chi connectivity index (χ1v) is 7.33. The highest BCUT2D eigenvalue weighted by molar-refractivity contribution is 5.80. The van der Waals surface area contributed by atoms with Crippen molar-refractivity contribution in [2.75, 3.05) is 13.1 Å². The van der Waals surface area contributed by atoms with E-state index in [0.717, 1.165) is 44.5 Å². The Morgan fingerprint density at radius 3 is 2.81 bits per heavy atom. The molecule has 0 aromatic heterocycles. The highest BCUT2D eigenvalue weighted by Crippen LogP contribution is 2.29. The average Bonchev–Trinajstić information content (AvgIpc) is 2.46. The van der Waals surface area contributed by atoms with Gasteiger partial charge in [-0.2, -0.15) is 13.2 Å². The van der Waals surface area contributed by atoms with E-state index in [1.54, 1.807) is 6.07 Å². The maximum Gasteiger partial charge on any atom is 0.416 e. The Morgan fingerprint density at radius 1 is 1.33 bits per heavy atom. The van der Waals surface area contributed by atoms with Gasteiger partial charge in [-0.25, -0.2) is 0 Å². The van der Waals surface area contributed by atoms with Crippen LogP contribution in [0.15, 0.2) is 24.3 Å². The lowest BCUT2D eigenvalue weighted by Gasteiger charge is -2.22. The minimum Gasteiger partial charge on any atom is -0.316 e. The lowest BCUT2D eigenvalue weighted by atomic mass is 9.92. The monoisotopic (exact) mass is 299 g/mol. The number of Topliss-reactive ketones (excluding diaryl/α,β-unsaturated/α-hetero) is 1. The van der Waals surface area contributed by atoms with Gasteiger partial charge >= 0.3 is 6.18 Å². The number of piperidine rings is 1. The zero-order valence-corrected chi connectivity index (χ0v) is 11.9. The van der Waals surface area contributed by atoms with Crippen molar-refractivity contribution in [3.8, 4) is 0 Å². The van der Waals surface area contributed by atoms with Crippen molar-refractivity contribution >= 4 is 5.78 Å². The number of alkyl halides is 3. The average molecular weight is 299 g/mol. The summed E-state index contributed by atoms with van der Waals surface area (Å²) in [7, 11) is 0. The van der Waals surface area contributed by atoms with Crippen LogP contribution in [-0.2, 0) is 17.4 Å². The molecule has 1 heterocycles. The second kappa shape index (κ2) is 7.07. The van der Waals surface area contributed by atoms with E-state index in [-0.39, 0.29) is 12.2 Å². The summed E-state index contributed by atoms with van der Waals surface area (Å²) < 4.78 is 37.8. The number of carbonyl (C=O) groups excluding carboxylic acids is 1. The Labute approximate surface area is 122 Å². The van der Waals surface area contributed by atoms with Gasteiger partial charge in [0.1, 0.15) is 5.78 Å². The minimum atomic E-state index is -4.35. The van der Waals surface area contributed by atoms with Gasteiger partial charge in [-0.3, -0.25) is 4.79 Å².